The van der Waals surface area contributed by atoms with Gasteiger partial charge in [0.15, 0.2) is 15.4 Å². The Hall–Kier alpha value is -4.14. The van der Waals surface area contributed by atoms with Gasteiger partial charge in [0.2, 0.25) is 0 Å². The minimum Gasteiger partial charge on any atom is -0.493 e. The molecule has 42 heavy (non-hydrogen) atoms. The number of carbonyl (C=O) groups is 1. The Morgan fingerprint density at radius 3 is 2.40 bits per heavy atom. The number of hydrogen-bond acceptors (Lipinski definition) is 9. The molecular weight excluding hydrogens is 581 g/mol. The molecule has 0 spiro atoms. The van der Waals surface area contributed by atoms with Crippen molar-refractivity contribution in [2.24, 2.45) is 0 Å². The van der Waals surface area contributed by atoms with Gasteiger partial charge in [-0.3, -0.25) is 14.9 Å². The first kappa shape index (κ1) is 34.1. The number of benzene rings is 2. The maximum Gasteiger partial charge on any atom is 0.418 e. The smallest absolute Gasteiger partial charge is 0.418 e. The summed E-state index contributed by atoms with van der Waals surface area (Å²) in [6.07, 6.45) is -6.02. The van der Waals surface area contributed by atoms with Crippen LogP contribution in [0, 0.1) is 40.2 Å². The van der Waals surface area contributed by atoms with Crippen LogP contribution in [0.3, 0.4) is 0 Å². The number of nitro benzene ring substituents is 1. The summed E-state index contributed by atoms with van der Waals surface area (Å²) >= 11 is 0. The number of ether oxygens (including phenoxy) is 2. The number of nitriles is 1. The van der Waals surface area contributed by atoms with E-state index >= 15 is 0 Å². The predicted molar refractivity (Wildman–Crippen MR) is 144 cm³/mol. The van der Waals surface area contributed by atoms with E-state index in [1.165, 1.54) is 52.1 Å². The Bertz CT molecular complexity index is 1590. The number of fused-ring (bicyclic) bond motifs is 1. The van der Waals surface area contributed by atoms with Gasteiger partial charge in [-0.05, 0) is 49.6 Å². The van der Waals surface area contributed by atoms with Crippen molar-refractivity contribution >= 4 is 21.5 Å². The lowest BCUT2D eigenvalue weighted by molar-refractivity contribution is -0.385. The van der Waals surface area contributed by atoms with Crippen molar-refractivity contribution in [3.05, 3.63) is 62.7 Å². The zero-order valence-electron chi connectivity index (χ0n) is 23.5. The molecule has 2 atom stereocenters. The van der Waals surface area contributed by atoms with Crippen molar-refractivity contribution in [2.75, 3.05) is 20.0 Å². The third kappa shape index (κ3) is 7.99. The van der Waals surface area contributed by atoms with E-state index in [2.05, 4.69) is 16.6 Å². The van der Waals surface area contributed by atoms with Crippen LogP contribution in [0.25, 0.3) is 0 Å². The van der Waals surface area contributed by atoms with E-state index in [4.69, 9.17) is 10.00 Å². The molecule has 1 heterocycles. The molecule has 0 fully saturated rings. The van der Waals surface area contributed by atoms with Gasteiger partial charge < -0.3 is 14.6 Å². The Morgan fingerprint density at radius 1 is 1.29 bits per heavy atom. The summed E-state index contributed by atoms with van der Waals surface area (Å²) in [5.74, 6) is 4.61. The molecule has 0 saturated heterocycles. The first-order chi connectivity index (χ1) is 19.3. The number of nitrogens with zero attached hydrogens (tertiary/aromatic N) is 2. The second-order valence-corrected chi connectivity index (χ2v) is 12.0. The average molecular weight is 611 g/mol. The van der Waals surface area contributed by atoms with E-state index in [0.717, 1.165) is 12.3 Å². The first-order valence-corrected chi connectivity index (χ1v) is 14.2. The quantitative estimate of drug-likeness (QED) is 0.222. The summed E-state index contributed by atoms with van der Waals surface area (Å²) in [6.45, 7) is 4.34. The predicted octanol–water partition coefficient (Wildman–Crippen LogP) is 4.52. The van der Waals surface area contributed by atoms with Gasteiger partial charge in [0.05, 0.1) is 35.2 Å². The monoisotopic (exact) mass is 610 g/mol. The normalized spacial score (nSPS) is 17.4. The number of carbonyl (C=O) groups excluding carboxylic acids is 1. The molecule has 0 aromatic heterocycles. The SMILES string of the molecule is COC(C)=O.Cc1cc(C#N)cc([N+](=O)[O-])c1C#CCC(O)(CC1(C)CCOc2ccc(S(C)(=O)=O)cc21)C(F)(F)F. The van der Waals surface area contributed by atoms with Crippen molar-refractivity contribution in [2.45, 2.75) is 62.1 Å². The molecular formula is C28H29F3N2O8S. The standard InChI is InChI=1S/C25H23F3N2O6S.C3H6O2/c1-16-11-17(14-29)12-21(30(32)33)19(16)5-4-8-24(31,25(26,27)28)15-23(2)9-10-36-22-7-6-18(13-20(22)23)37(3,34)35;1-3(4)5-2/h6-7,11-13,31H,8-10,15H2,1-3H3;1-2H3. The van der Waals surface area contributed by atoms with E-state index in [-0.39, 0.29) is 51.9 Å². The number of esters is 1. The van der Waals surface area contributed by atoms with Gasteiger partial charge in [-0.15, -0.1) is 0 Å². The molecule has 2 aromatic carbocycles. The number of methoxy groups -OCH3 is 1. The molecule has 0 radical (unpaired) electrons. The Kier molecular flexibility index (Phi) is 10.4. The highest BCUT2D eigenvalue weighted by molar-refractivity contribution is 7.90. The maximum absolute atomic E-state index is 14.2. The molecule has 0 aliphatic carbocycles. The molecule has 1 aliphatic rings. The van der Waals surface area contributed by atoms with Crippen LogP contribution in [0.4, 0.5) is 18.9 Å². The molecule has 1 N–H and O–H groups in total. The number of rotatable bonds is 5. The summed E-state index contributed by atoms with van der Waals surface area (Å²) in [5, 5.41) is 31.3. The summed E-state index contributed by atoms with van der Waals surface area (Å²) in [5.41, 5.74) is -4.88. The summed E-state index contributed by atoms with van der Waals surface area (Å²) in [7, 11) is -2.31. The highest BCUT2D eigenvalue weighted by atomic mass is 32.2. The van der Waals surface area contributed by atoms with Gasteiger partial charge >= 0.3 is 12.1 Å². The summed E-state index contributed by atoms with van der Waals surface area (Å²) < 4.78 is 76.3. The Labute approximate surface area is 241 Å². The fourth-order valence-corrected chi connectivity index (χ4v) is 5.02. The van der Waals surface area contributed by atoms with E-state index in [1.807, 2.05) is 0 Å². The molecule has 1 aliphatic heterocycles. The van der Waals surface area contributed by atoms with Crippen LogP contribution in [0.15, 0.2) is 35.2 Å². The van der Waals surface area contributed by atoms with Crippen molar-refractivity contribution in [3.8, 4) is 23.7 Å². The van der Waals surface area contributed by atoms with E-state index in [0.29, 0.717) is 0 Å². The second-order valence-electron chi connectivity index (χ2n) is 10.0. The van der Waals surface area contributed by atoms with Crippen LogP contribution in [-0.2, 0) is 24.8 Å². The minimum absolute atomic E-state index is 0.00103. The van der Waals surface area contributed by atoms with Gasteiger partial charge in [-0.25, -0.2) is 8.42 Å². The topological polar surface area (TPSA) is 157 Å². The van der Waals surface area contributed by atoms with Crippen LogP contribution in [-0.4, -0.2) is 56.2 Å². The largest absolute Gasteiger partial charge is 0.493 e. The van der Waals surface area contributed by atoms with Crippen LogP contribution in [0.1, 0.15) is 55.4 Å². The number of hydrogen-bond donors (Lipinski definition) is 1. The fourth-order valence-electron chi connectivity index (χ4n) is 4.37. The highest BCUT2D eigenvalue weighted by Gasteiger charge is 2.57. The summed E-state index contributed by atoms with van der Waals surface area (Å²) in [6, 6.07) is 8.01. The van der Waals surface area contributed by atoms with Gasteiger partial charge in [0, 0.05) is 36.6 Å². The molecule has 0 bridgehead atoms. The van der Waals surface area contributed by atoms with Crippen molar-refractivity contribution in [1.29, 1.82) is 5.26 Å². The lowest BCUT2D eigenvalue weighted by Gasteiger charge is -2.42. The van der Waals surface area contributed by atoms with E-state index in [1.54, 1.807) is 6.07 Å². The molecule has 0 saturated carbocycles. The maximum atomic E-state index is 14.2. The Balaban J connectivity index is 0.00000113. The lowest BCUT2D eigenvalue weighted by Crippen LogP contribution is -2.50. The van der Waals surface area contributed by atoms with Crippen molar-refractivity contribution < 1.29 is 45.9 Å². The Morgan fingerprint density at radius 2 is 1.90 bits per heavy atom. The number of nitro groups is 1. The third-order valence-electron chi connectivity index (χ3n) is 6.67. The van der Waals surface area contributed by atoms with Crippen LogP contribution in [0.5, 0.6) is 5.75 Å². The average Bonchev–Trinajstić information content (AvgIpc) is 2.88. The first-order valence-electron chi connectivity index (χ1n) is 12.3. The van der Waals surface area contributed by atoms with Crippen LogP contribution >= 0.6 is 0 Å². The van der Waals surface area contributed by atoms with E-state index < -0.39 is 50.5 Å². The molecule has 2 aromatic rings. The van der Waals surface area contributed by atoms with Gasteiger partial charge in [0.1, 0.15) is 11.3 Å². The second kappa shape index (κ2) is 12.8. The van der Waals surface area contributed by atoms with Crippen LogP contribution in [0.2, 0.25) is 0 Å². The molecule has 0 amide bonds. The minimum atomic E-state index is -5.12. The summed E-state index contributed by atoms with van der Waals surface area (Å²) in [4.78, 5) is 20.1. The molecule has 14 heteroatoms. The highest BCUT2D eigenvalue weighted by Crippen LogP contribution is 2.49. The zero-order chi connectivity index (χ0) is 32.1. The van der Waals surface area contributed by atoms with Gasteiger partial charge in [0.25, 0.3) is 5.69 Å². The van der Waals surface area contributed by atoms with Crippen molar-refractivity contribution in [3.63, 3.8) is 0 Å². The third-order valence-corrected chi connectivity index (χ3v) is 7.78. The molecule has 3 rings (SSSR count). The number of aliphatic hydroxyl groups is 1. The van der Waals surface area contributed by atoms with Crippen molar-refractivity contribution in [1.82, 2.24) is 0 Å². The number of alkyl halides is 3. The fraction of sp³-hybridized carbons (Fsp3) is 0.429. The zero-order valence-corrected chi connectivity index (χ0v) is 24.3. The van der Waals surface area contributed by atoms with Gasteiger partial charge in [-0.1, -0.05) is 18.8 Å². The van der Waals surface area contributed by atoms with Crippen LogP contribution < -0.4 is 4.74 Å². The van der Waals surface area contributed by atoms with Gasteiger partial charge in [-0.2, -0.15) is 18.4 Å². The number of sulfone groups is 1. The molecule has 2 unspecified atom stereocenters. The molecule has 226 valence electrons. The lowest BCUT2D eigenvalue weighted by atomic mass is 9.69. The molecule has 10 nitrogen and oxygen atoms in total. The number of halogens is 3. The van der Waals surface area contributed by atoms with E-state index in [9.17, 15) is 41.6 Å². The number of aryl methyl sites for hydroxylation is 1.